The van der Waals surface area contributed by atoms with Crippen molar-refractivity contribution in [3.05, 3.63) is 0 Å². The molecule has 0 saturated carbocycles. The van der Waals surface area contributed by atoms with E-state index in [4.69, 9.17) is 9.47 Å². The van der Waals surface area contributed by atoms with Gasteiger partial charge in [0.15, 0.2) is 0 Å². The molecule has 1 aliphatic heterocycles. The molecule has 5 nitrogen and oxygen atoms in total. The number of nitrogens with zero attached hydrogens (tertiary/aromatic N) is 1. The van der Waals surface area contributed by atoms with Crippen molar-refractivity contribution in [3.8, 4) is 0 Å². The Morgan fingerprint density at radius 3 is 2.88 bits per heavy atom. The minimum absolute atomic E-state index is 0.316. The van der Waals surface area contributed by atoms with Crippen LogP contribution < -0.4 is 10.6 Å². The van der Waals surface area contributed by atoms with Gasteiger partial charge in [0.25, 0.3) is 0 Å². The molecule has 24 heavy (non-hydrogen) atoms. The molecule has 2 N–H and O–H groups in total. The Labute approximate surface area is 153 Å². The third kappa shape index (κ3) is 11.7. The molecule has 0 bridgehead atoms. The summed E-state index contributed by atoms with van der Waals surface area (Å²) in [6, 6.07) is 0.567. The molecule has 2 unspecified atom stereocenters. The number of thioether (sulfide) groups is 1. The van der Waals surface area contributed by atoms with E-state index in [-0.39, 0.29) is 0 Å². The van der Waals surface area contributed by atoms with E-state index in [1.807, 2.05) is 11.8 Å². The number of nitrogens with one attached hydrogen (secondary N) is 2. The van der Waals surface area contributed by atoms with Crippen LogP contribution >= 0.6 is 11.8 Å². The Hall–Kier alpha value is 0.150. The van der Waals surface area contributed by atoms with Crippen LogP contribution in [0.15, 0.2) is 0 Å². The molecule has 1 aliphatic rings. The summed E-state index contributed by atoms with van der Waals surface area (Å²) in [5, 5.41) is 7.00. The van der Waals surface area contributed by atoms with E-state index >= 15 is 0 Å². The highest BCUT2D eigenvalue weighted by Crippen LogP contribution is 2.04. The summed E-state index contributed by atoms with van der Waals surface area (Å²) in [6.45, 7) is 17.3. The van der Waals surface area contributed by atoms with Crippen LogP contribution in [-0.2, 0) is 9.47 Å². The highest BCUT2D eigenvalue weighted by molar-refractivity contribution is 7.99. The second-order valence-electron chi connectivity index (χ2n) is 6.97. The number of ether oxygens (including phenoxy) is 2. The maximum atomic E-state index is 5.84. The van der Waals surface area contributed by atoms with Gasteiger partial charge in [0.2, 0.25) is 0 Å². The molecule has 0 aliphatic carbocycles. The molecule has 144 valence electrons. The molecule has 0 aromatic rings. The topological polar surface area (TPSA) is 45.8 Å². The van der Waals surface area contributed by atoms with E-state index in [1.54, 1.807) is 0 Å². The summed E-state index contributed by atoms with van der Waals surface area (Å²) < 4.78 is 11.6. The first-order valence-corrected chi connectivity index (χ1v) is 10.7. The van der Waals surface area contributed by atoms with Crippen LogP contribution in [0.4, 0.5) is 0 Å². The molecular formula is C18H39N3O2S. The average Bonchev–Trinajstić information content (AvgIpc) is 2.56. The lowest BCUT2D eigenvalue weighted by Crippen LogP contribution is -2.48. The number of hydrogen-bond donors (Lipinski definition) is 2. The van der Waals surface area contributed by atoms with Crippen molar-refractivity contribution in [1.82, 2.24) is 15.5 Å². The summed E-state index contributed by atoms with van der Waals surface area (Å²) in [5.74, 6) is 3.06. The molecular weight excluding hydrogens is 322 g/mol. The predicted molar refractivity (Wildman–Crippen MR) is 105 cm³/mol. The summed E-state index contributed by atoms with van der Waals surface area (Å²) in [5.41, 5.74) is 0. The third-order valence-corrected chi connectivity index (χ3v) is 5.15. The van der Waals surface area contributed by atoms with Crippen molar-refractivity contribution >= 4 is 11.8 Å². The second kappa shape index (κ2) is 14.3. The van der Waals surface area contributed by atoms with Gasteiger partial charge in [0, 0.05) is 44.5 Å². The lowest BCUT2D eigenvalue weighted by atomic mass is 10.2. The van der Waals surface area contributed by atoms with Crippen LogP contribution in [0.1, 0.15) is 27.7 Å². The van der Waals surface area contributed by atoms with Gasteiger partial charge in [0.05, 0.1) is 25.9 Å². The van der Waals surface area contributed by atoms with Crippen LogP contribution in [0.3, 0.4) is 0 Å². The zero-order valence-corrected chi connectivity index (χ0v) is 17.0. The summed E-state index contributed by atoms with van der Waals surface area (Å²) in [6.07, 6.45) is 0.316. The normalized spacial score (nSPS) is 20.6. The minimum Gasteiger partial charge on any atom is -0.379 e. The molecule has 1 saturated heterocycles. The third-order valence-electron chi connectivity index (χ3n) is 4.01. The van der Waals surface area contributed by atoms with Gasteiger partial charge in [-0.15, -0.1) is 0 Å². The molecule has 0 aromatic carbocycles. The van der Waals surface area contributed by atoms with Gasteiger partial charge in [-0.25, -0.2) is 0 Å². The SMILES string of the molecule is CCSCC(C)NCCOCCN1CCOC(CNCC(C)C)C1. The van der Waals surface area contributed by atoms with Gasteiger partial charge in [-0.1, -0.05) is 20.8 Å². The van der Waals surface area contributed by atoms with Crippen molar-refractivity contribution in [2.24, 2.45) is 5.92 Å². The Balaban J connectivity index is 1.98. The largest absolute Gasteiger partial charge is 0.379 e. The smallest absolute Gasteiger partial charge is 0.0826 e. The Bertz CT molecular complexity index is 295. The maximum Gasteiger partial charge on any atom is 0.0826 e. The molecule has 0 aromatic heterocycles. The highest BCUT2D eigenvalue weighted by atomic mass is 32.2. The minimum atomic E-state index is 0.316. The first kappa shape index (κ1) is 22.2. The standard InChI is InChI=1S/C18H39N3O2S/c1-5-24-15-17(4)20-6-9-22-10-7-21-8-11-23-18(14-21)13-19-12-16(2)3/h16-20H,5-15H2,1-4H3. The van der Waals surface area contributed by atoms with Gasteiger partial charge in [-0.2, -0.15) is 11.8 Å². The van der Waals surface area contributed by atoms with Gasteiger partial charge >= 0.3 is 0 Å². The van der Waals surface area contributed by atoms with Crippen molar-refractivity contribution in [1.29, 1.82) is 0 Å². The molecule has 1 rings (SSSR count). The van der Waals surface area contributed by atoms with Gasteiger partial charge in [-0.3, -0.25) is 4.90 Å². The average molecular weight is 362 g/mol. The number of morpholine rings is 1. The molecule has 0 spiro atoms. The van der Waals surface area contributed by atoms with Crippen LogP contribution in [0.2, 0.25) is 0 Å². The second-order valence-corrected chi connectivity index (χ2v) is 8.29. The highest BCUT2D eigenvalue weighted by Gasteiger charge is 2.19. The van der Waals surface area contributed by atoms with Gasteiger partial charge < -0.3 is 20.1 Å². The maximum absolute atomic E-state index is 5.84. The van der Waals surface area contributed by atoms with E-state index in [2.05, 4.69) is 43.2 Å². The van der Waals surface area contributed by atoms with Crippen LogP contribution in [0.5, 0.6) is 0 Å². The number of hydrogen-bond acceptors (Lipinski definition) is 6. The Morgan fingerprint density at radius 1 is 1.29 bits per heavy atom. The fourth-order valence-electron chi connectivity index (χ4n) is 2.67. The zero-order chi connectivity index (χ0) is 17.6. The van der Waals surface area contributed by atoms with Crippen LogP contribution in [0.25, 0.3) is 0 Å². The van der Waals surface area contributed by atoms with E-state index in [1.165, 1.54) is 11.5 Å². The first-order valence-electron chi connectivity index (χ1n) is 9.55. The van der Waals surface area contributed by atoms with E-state index < -0.39 is 0 Å². The molecule has 2 atom stereocenters. The first-order chi connectivity index (χ1) is 11.6. The van der Waals surface area contributed by atoms with Crippen molar-refractivity contribution in [2.45, 2.75) is 39.8 Å². The number of rotatable bonds is 14. The van der Waals surface area contributed by atoms with Gasteiger partial charge in [0.1, 0.15) is 0 Å². The van der Waals surface area contributed by atoms with Crippen molar-refractivity contribution in [2.75, 3.05) is 70.6 Å². The molecule has 1 heterocycles. The fraction of sp³-hybridized carbons (Fsp3) is 1.00. The van der Waals surface area contributed by atoms with Crippen molar-refractivity contribution in [3.63, 3.8) is 0 Å². The molecule has 0 amide bonds. The lowest BCUT2D eigenvalue weighted by molar-refractivity contribution is -0.0348. The summed E-state index contributed by atoms with van der Waals surface area (Å²) in [4.78, 5) is 2.46. The van der Waals surface area contributed by atoms with Crippen LogP contribution in [0, 0.1) is 5.92 Å². The Morgan fingerprint density at radius 2 is 2.12 bits per heavy atom. The lowest BCUT2D eigenvalue weighted by Gasteiger charge is -2.33. The Kier molecular flexibility index (Phi) is 13.3. The fourth-order valence-corrected chi connectivity index (χ4v) is 3.37. The molecule has 6 heteroatoms. The molecule has 0 radical (unpaired) electrons. The van der Waals surface area contributed by atoms with Crippen molar-refractivity contribution < 1.29 is 9.47 Å². The van der Waals surface area contributed by atoms with E-state index in [0.29, 0.717) is 18.1 Å². The van der Waals surface area contributed by atoms with E-state index in [0.717, 1.165) is 59.1 Å². The van der Waals surface area contributed by atoms with Gasteiger partial charge in [-0.05, 0) is 25.1 Å². The van der Waals surface area contributed by atoms with Crippen LogP contribution in [-0.4, -0.2) is 87.6 Å². The summed E-state index contributed by atoms with van der Waals surface area (Å²) in [7, 11) is 0. The monoisotopic (exact) mass is 361 g/mol. The van der Waals surface area contributed by atoms with E-state index in [9.17, 15) is 0 Å². The molecule has 1 fully saturated rings. The quantitative estimate of drug-likeness (QED) is 0.459. The zero-order valence-electron chi connectivity index (χ0n) is 16.2. The summed E-state index contributed by atoms with van der Waals surface area (Å²) >= 11 is 1.98. The predicted octanol–water partition coefficient (Wildman–Crippen LogP) is 1.68.